The van der Waals surface area contributed by atoms with Crippen LogP contribution in [0.4, 0.5) is 0 Å². The smallest absolute Gasteiger partial charge is 0.260 e. The lowest BCUT2D eigenvalue weighted by atomic mass is 9.98. The third kappa shape index (κ3) is 19.0. The SMILES string of the molecule is CC(C)C[C@@H]1NC(=O)[C@H](CCCN)NC(=O)[C@H](C(C)C)NC(=O)[C@@H]2CCCN2C(=O)[C@@H](Cc2ccccc2)NC(=O)[C@H](CC(C)C)NC(=O)[C@H](CCCN)N(N)C(=O)[C@H](C(C)C)NC(=O)[C@@H]2CCCN2C(=O)[C@@H](Cc2ccccc2)NC1=O. The summed E-state index contributed by atoms with van der Waals surface area (Å²) in [4.78, 5) is 149. The van der Waals surface area contributed by atoms with Crippen molar-refractivity contribution in [1.82, 2.24) is 52.0 Å². The lowest BCUT2D eigenvalue weighted by Gasteiger charge is -2.34. The number of nitrogens with two attached hydrogens (primary N) is 3. The van der Waals surface area contributed by atoms with E-state index in [9.17, 15) is 47.9 Å². The zero-order valence-electron chi connectivity index (χ0n) is 49.8. The Bertz CT molecular complexity index is 2530. The molecule has 3 saturated heterocycles. The van der Waals surface area contributed by atoms with Crippen LogP contribution in [0.25, 0.3) is 0 Å². The molecule has 458 valence electrons. The topological polar surface area (TPSA) is 343 Å². The first-order valence-corrected chi connectivity index (χ1v) is 29.7. The Balaban J connectivity index is 1.60. The summed E-state index contributed by atoms with van der Waals surface area (Å²) in [5, 5.41) is 20.7. The Labute approximate surface area is 489 Å². The molecule has 0 aromatic heterocycles. The first-order chi connectivity index (χ1) is 39.4. The highest BCUT2D eigenvalue weighted by Gasteiger charge is 2.44. The van der Waals surface area contributed by atoms with Gasteiger partial charge in [0, 0.05) is 25.9 Å². The predicted octanol–water partition coefficient (Wildman–Crippen LogP) is 0.814. The molecule has 2 aromatic carbocycles. The summed E-state index contributed by atoms with van der Waals surface area (Å²) >= 11 is 0. The molecule has 0 aliphatic carbocycles. The molecule has 0 radical (unpaired) electrons. The minimum absolute atomic E-state index is 0.00905. The van der Waals surface area contributed by atoms with Gasteiger partial charge in [0.1, 0.15) is 60.4 Å². The van der Waals surface area contributed by atoms with Gasteiger partial charge in [-0.05, 0) is 112 Å². The van der Waals surface area contributed by atoms with E-state index < -0.39 is 131 Å². The third-order valence-electron chi connectivity index (χ3n) is 15.5. The van der Waals surface area contributed by atoms with E-state index >= 15 is 0 Å². The second kappa shape index (κ2) is 32.2. The van der Waals surface area contributed by atoms with Crippen molar-refractivity contribution in [3.8, 4) is 0 Å². The van der Waals surface area contributed by atoms with Crippen LogP contribution in [-0.2, 0) is 60.8 Å². The van der Waals surface area contributed by atoms with Crippen LogP contribution in [0.3, 0.4) is 0 Å². The van der Waals surface area contributed by atoms with Crippen molar-refractivity contribution < 1.29 is 47.9 Å². The predicted molar refractivity (Wildman–Crippen MR) is 313 cm³/mol. The molecule has 10 amide bonds. The molecule has 0 spiro atoms. The summed E-state index contributed by atoms with van der Waals surface area (Å²) in [6.07, 6.45) is 2.11. The average molecular weight is 1160 g/mol. The van der Waals surface area contributed by atoms with Crippen LogP contribution in [0, 0.1) is 23.7 Å². The number of nitrogens with one attached hydrogen (secondary N) is 7. The van der Waals surface area contributed by atoms with Crippen molar-refractivity contribution in [3.05, 3.63) is 71.8 Å². The quantitative estimate of drug-likeness (QED) is 0.0823. The molecular formula is C60H93N13O10. The maximum Gasteiger partial charge on any atom is 0.260 e. The van der Waals surface area contributed by atoms with Gasteiger partial charge in [0.15, 0.2) is 0 Å². The summed E-state index contributed by atoms with van der Waals surface area (Å²) in [6.45, 7) is 14.8. The molecule has 83 heavy (non-hydrogen) atoms. The van der Waals surface area contributed by atoms with E-state index in [-0.39, 0.29) is 95.8 Å². The zero-order chi connectivity index (χ0) is 61.1. The van der Waals surface area contributed by atoms with Gasteiger partial charge in [-0.1, -0.05) is 116 Å². The Morgan fingerprint density at radius 1 is 0.446 bits per heavy atom. The van der Waals surface area contributed by atoms with Gasteiger partial charge in [0.25, 0.3) is 5.91 Å². The van der Waals surface area contributed by atoms with Gasteiger partial charge >= 0.3 is 0 Å². The normalized spacial score (nSPS) is 26.5. The van der Waals surface area contributed by atoms with Gasteiger partial charge in [-0.25, -0.2) is 5.84 Å². The van der Waals surface area contributed by atoms with E-state index in [1.54, 1.807) is 82.3 Å². The first-order valence-electron chi connectivity index (χ1n) is 29.7. The lowest BCUT2D eigenvalue weighted by Crippen LogP contribution is -2.63. The van der Waals surface area contributed by atoms with Crippen LogP contribution >= 0.6 is 0 Å². The fraction of sp³-hybridized carbons (Fsp3) is 0.633. The van der Waals surface area contributed by atoms with Crippen molar-refractivity contribution in [2.24, 2.45) is 41.0 Å². The number of hydrazine groups is 1. The minimum atomic E-state index is -1.39. The summed E-state index contributed by atoms with van der Waals surface area (Å²) in [7, 11) is 0. The van der Waals surface area contributed by atoms with Crippen LogP contribution in [0.1, 0.15) is 131 Å². The number of amides is 10. The van der Waals surface area contributed by atoms with Gasteiger partial charge in [-0.15, -0.1) is 0 Å². The molecule has 3 aliphatic heterocycles. The van der Waals surface area contributed by atoms with Crippen LogP contribution < -0.4 is 54.5 Å². The lowest BCUT2D eigenvalue weighted by molar-refractivity contribution is -0.147. The van der Waals surface area contributed by atoms with Crippen LogP contribution in [0.2, 0.25) is 0 Å². The van der Waals surface area contributed by atoms with Crippen molar-refractivity contribution in [1.29, 1.82) is 0 Å². The third-order valence-corrected chi connectivity index (χ3v) is 15.5. The fourth-order valence-electron chi connectivity index (χ4n) is 11.0. The first kappa shape index (κ1) is 66.8. The highest BCUT2D eigenvalue weighted by molar-refractivity contribution is 6.00. The summed E-state index contributed by atoms with van der Waals surface area (Å²) in [5.41, 5.74) is 13.3. The number of fused-ring (bicyclic) bond motifs is 2. The van der Waals surface area contributed by atoms with Crippen molar-refractivity contribution >= 4 is 59.1 Å². The number of rotatable bonds is 16. The molecule has 2 aromatic rings. The molecule has 0 saturated carbocycles. The highest BCUT2D eigenvalue weighted by atomic mass is 16.2. The molecule has 23 nitrogen and oxygen atoms in total. The standard InChI is InChI=1S/C60H93N13O10/c1-35(2)31-42-52(75)67-44(33-39-19-11-9-12-20-39)59(82)72-30-18-26-47(72)55(78)70-50(38(7)8)60(83)73(63)48(24-16-28-62)56(79)66-43(32-36(3)4)53(76)68-45(34-40-21-13-10-14-22-40)58(81)71-29-17-25-46(71)54(77)69-49(37(5)6)57(80)64-41(23-15-27-61)51(74)65-42/h9-14,19-22,35-38,41-50H,15-18,23-34,61-63H2,1-8H3,(H,64,80)(H,65,74)(H,66,79)(H,67,75)(H,68,76)(H,69,77)(H,70,78)/t41-,42-,43-,44+,45+,46-,47-,48-,49-,50-/m0/s1. The van der Waals surface area contributed by atoms with E-state index in [4.69, 9.17) is 17.3 Å². The van der Waals surface area contributed by atoms with Crippen LogP contribution in [-0.4, -0.2) is 160 Å². The minimum Gasteiger partial charge on any atom is -0.343 e. The molecular weight excluding hydrogens is 1060 g/mol. The van der Waals surface area contributed by atoms with Crippen LogP contribution in [0.15, 0.2) is 60.7 Å². The molecule has 23 heteroatoms. The second-order valence-electron chi connectivity index (χ2n) is 23.9. The maximum atomic E-state index is 14.9. The Morgan fingerprint density at radius 2 is 0.831 bits per heavy atom. The number of carbonyl (C=O) groups excluding carboxylic acids is 10. The van der Waals surface area contributed by atoms with Crippen LogP contribution in [0.5, 0.6) is 0 Å². The van der Waals surface area contributed by atoms with Gasteiger partial charge in [0.05, 0.1) is 0 Å². The van der Waals surface area contributed by atoms with Crippen molar-refractivity contribution in [2.75, 3.05) is 26.2 Å². The largest absolute Gasteiger partial charge is 0.343 e. The summed E-state index contributed by atoms with van der Waals surface area (Å²) in [6, 6.07) is 5.75. The molecule has 3 fully saturated rings. The Morgan fingerprint density at radius 3 is 1.25 bits per heavy atom. The molecule has 0 unspecified atom stereocenters. The van der Waals surface area contributed by atoms with Gasteiger partial charge in [0.2, 0.25) is 53.2 Å². The van der Waals surface area contributed by atoms with E-state index in [1.807, 2.05) is 33.8 Å². The van der Waals surface area contributed by atoms with Gasteiger partial charge in [-0.3, -0.25) is 53.0 Å². The number of hydrogen-bond donors (Lipinski definition) is 10. The maximum absolute atomic E-state index is 14.9. The summed E-state index contributed by atoms with van der Waals surface area (Å²) in [5.74, 6) is -1.61. The molecule has 13 N–H and O–H groups in total. The molecule has 0 bridgehead atoms. The van der Waals surface area contributed by atoms with E-state index in [1.165, 1.54) is 9.80 Å². The number of benzene rings is 2. The zero-order valence-corrected chi connectivity index (χ0v) is 49.8. The highest BCUT2D eigenvalue weighted by Crippen LogP contribution is 2.24. The second-order valence-corrected chi connectivity index (χ2v) is 23.9. The van der Waals surface area contributed by atoms with E-state index in [0.29, 0.717) is 30.4 Å². The van der Waals surface area contributed by atoms with Crippen molar-refractivity contribution in [2.45, 2.75) is 193 Å². The molecule has 3 heterocycles. The number of nitrogens with zero attached hydrogens (tertiary/aromatic N) is 3. The number of carbonyl (C=O) groups is 10. The Kier molecular flexibility index (Phi) is 25.9. The molecule has 5 rings (SSSR count). The van der Waals surface area contributed by atoms with Gasteiger partial charge in [-0.2, -0.15) is 0 Å². The summed E-state index contributed by atoms with van der Waals surface area (Å²) < 4.78 is 0. The average Bonchev–Trinajstić information content (AvgIpc) is 4.41. The van der Waals surface area contributed by atoms with Crippen molar-refractivity contribution in [3.63, 3.8) is 0 Å². The Hall–Kier alpha value is -6.98. The van der Waals surface area contributed by atoms with E-state index in [2.05, 4.69) is 37.2 Å². The molecule has 3 aliphatic rings. The van der Waals surface area contributed by atoms with E-state index in [0.717, 1.165) is 5.01 Å². The van der Waals surface area contributed by atoms with Gasteiger partial charge < -0.3 is 58.5 Å². The fourth-order valence-corrected chi connectivity index (χ4v) is 11.0. The monoisotopic (exact) mass is 1160 g/mol. The number of hydrogen-bond acceptors (Lipinski definition) is 13. The molecule has 10 atom stereocenters.